The molecule has 1 aromatic heterocycles. The molecule has 0 N–H and O–H groups in total. The average Bonchev–Trinajstić information content (AvgIpc) is 2.86. The predicted molar refractivity (Wildman–Crippen MR) is 92.9 cm³/mol. The van der Waals surface area contributed by atoms with Gasteiger partial charge in [0.25, 0.3) is 0 Å². The fraction of sp³-hybridized carbons (Fsp3) is 0.176. The van der Waals surface area contributed by atoms with Crippen LogP contribution in [0.1, 0.15) is 28.5 Å². The van der Waals surface area contributed by atoms with Crippen molar-refractivity contribution in [1.82, 2.24) is 9.55 Å². The van der Waals surface area contributed by atoms with Crippen molar-refractivity contribution in [1.29, 1.82) is 0 Å². The van der Waals surface area contributed by atoms with Gasteiger partial charge in [-0.25, -0.2) is 4.98 Å². The molecular weight excluding hydrogens is 355 g/mol. The van der Waals surface area contributed by atoms with Crippen LogP contribution in [0.3, 0.4) is 0 Å². The topological polar surface area (TPSA) is 34.9 Å². The maximum atomic E-state index is 12.6. The van der Waals surface area contributed by atoms with E-state index < -0.39 is 0 Å². The second-order valence-corrected chi connectivity index (χ2v) is 6.92. The second-order valence-electron chi connectivity index (χ2n) is 5.67. The van der Waals surface area contributed by atoms with Gasteiger partial charge in [0.1, 0.15) is 5.82 Å². The molecule has 4 rings (SSSR count). The minimum Gasteiger partial charge on any atom is -0.274 e. The summed E-state index contributed by atoms with van der Waals surface area (Å²) in [5.74, 6) is 0.872. The van der Waals surface area contributed by atoms with Crippen LogP contribution >= 0.6 is 34.8 Å². The molecule has 2 heterocycles. The maximum absolute atomic E-state index is 12.6. The number of benzene rings is 2. The maximum Gasteiger partial charge on any atom is 0.233 e. The smallest absolute Gasteiger partial charge is 0.233 e. The monoisotopic (exact) mass is 364 g/mol. The van der Waals surface area contributed by atoms with Crippen LogP contribution in [0, 0.1) is 0 Å². The molecular formula is C17H11Cl3N2O. The SMILES string of the molecule is O=C1CC(c2ccc(Cl)cc2)Cc2nc3cc(Cl)c(Cl)cc3n21. The summed E-state index contributed by atoms with van der Waals surface area (Å²) in [6.07, 6.45) is 1.12. The Morgan fingerprint density at radius 2 is 1.70 bits per heavy atom. The number of hydrogen-bond donors (Lipinski definition) is 0. The number of carbonyl (C=O) groups excluding carboxylic acids is 1. The molecule has 1 aliphatic rings. The van der Waals surface area contributed by atoms with Gasteiger partial charge in [-0.05, 0) is 35.7 Å². The largest absolute Gasteiger partial charge is 0.274 e. The Morgan fingerprint density at radius 1 is 1.00 bits per heavy atom. The Hall–Kier alpha value is -1.55. The molecule has 23 heavy (non-hydrogen) atoms. The summed E-state index contributed by atoms with van der Waals surface area (Å²) in [6.45, 7) is 0. The van der Waals surface area contributed by atoms with E-state index in [2.05, 4.69) is 4.98 Å². The molecule has 3 aromatic rings. The van der Waals surface area contributed by atoms with Gasteiger partial charge in [-0.1, -0.05) is 46.9 Å². The minimum atomic E-state index is 0.0205. The highest BCUT2D eigenvalue weighted by atomic mass is 35.5. The second kappa shape index (κ2) is 5.52. The number of halogens is 3. The first-order valence-electron chi connectivity index (χ1n) is 7.18. The molecule has 6 heteroatoms. The molecule has 0 amide bonds. The van der Waals surface area contributed by atoms with Crippen LogP contribution < -0.4 is 0 Å². The van der Waals surface area contributed by atoms with Gasteiger partial charge >= 0.3 is 0 Å². The molecule has 1 aliphatic heterocycles. The van der Waals surface area contributed by atoms with Crippen LogP contribution in [0.25, 0.3) is 11.0 Å². The minimum absolute atomic E-state index is 0.0205. The lowest BCUT2D eigenvalue weighted by Gasteiger charge is -2.22. The fourth-order valence-corrected chi connectivity index (χ4v) is 3.54. The molecule has 0 aliphatic carbocycles. The summed E-state index contributed by atoms with van der Waals surface area (Å²) in [5, 5.41) is 1.55. The van der Waals surface area contributed by atoms with Gasteiger partial charge in [0.05, 0.1) is 21.1 Å². The van der Waals surface area contributed by atoms with Crippen molar-refractivity contribution in [2.24, 2.45) is 0 Å². The van der Waals surface area contributed by atoms with Gasteiger partial charge < -0.3 is 0 Å². The van der Waals surface area contributed by atoms with Crippen molar-refractivity contribution in [3.8, 4) is 0 Å². The van der Waals surface area contributed by atoms with Crippen molar-refractivity contribution in [2.75, 3.05) is 0 Å². The number of aromatic nitrogens is 2. The van der Waals surface area contributed by atoms with Crippen molar-refractivity contribution < 1.29 is 4.79 Å². The Labute approximate surface area is 147 Å². The molecule has 3 nitrogen and oxygen atoms in total. The summed E-state index contributed by atoms with van der Waals surface area (Å²) >= 11 is 18.1. The van der Waals surface area contributed by atoms with Crippen LogP contribution in [0.2, 0.25) is 15.1 Å². The van der Waals surface area contributed by atoms with Gasteiger partial charge in [0.15, 0.2) is 0 Å². The zero-order valence-electron chi connectivity index (χ0n) is 11.9. The molecule has 1 unspecified atom stereocenters. The normalized spacial score (nSPS) is 17.5. The van der Waals surface area contributed by atoms with E-state index in [9.17, 15) is 4.79 Å². The van der Waals surface area contributed by atoms with E-state index in [-0.39, 0.29) is 11.8 Å². The zero-order valence-corrected chi connectivity index (χ0v) is 14.2. The van der Waals surface area contributed by atoms with E-state index in [1.165, 1.54) is 0 Å². The van der Waals surface area contributed by atoms with Gasteiger partial charge in [0, 0.05) is 17.9 Å². The first-order chi connectivity index (χ1) is 11.0. The van der Waals surface area contributed by atoms with Crippen molar-refractivity contribution in [3.05, 3.63) is 62.9 Å². The fourth-order valence-electron chi connectivity index (χ4n) is 3.10. The standard InChI is InChI=1S/C17H11Cl3N2O/c18-11-3-1-9(2-4-11)10-5-16-21-14-7-12(19)13(20)8-15(14)22(16)17(23)6-10/h1-4,7-8,10H,5-6H2. The lowest BCUT2D eigenvalue weighted by Crippen LogP contribution is -2.25. The summed E-state index contributed by atoms with van der Waals surface area (Å²) in [7, 11) is 0. The molecule has 0 saturated heterocycles. The summed E-state index contributed by atoms with van der Waals surface area (Å²) in [5.41, 5.74) is 2.51. The molecule has 116 valence electrons. The number of nitrogens with zero attached hydrogens (tertiary/aromatic N) is 2. The summed E-state index contributed by atoms with van der Waals surface area (Å²) in [6, 6.07) is 11.0. The Kier molecular flexibility index (Phi) is 3.60. The molecule has 0 spiro atoms. The quantitative estimate of drug-likeness (QED) is 0.581. The van der Waals surface area contributed by atoms with Gasteiger partial charge in [-0.2, -0.15) is 0 Å². The van der Waals surface area contributed by atoms with Crippen molar-refractivity contribution >= 4 is 51.7 Å². The molecule has 0 radical (unpaired) electrons. The Balaban J connectivity index is 1.80. The lowest BCUT2D eigenvalue weighted by atomic mass is 9.90. The Bertz CT molecular complexity index is 931. The highest BCUT2D eigenvalue weighted by molar-refractivity contribution is 6.42. The molecule has 0 bridgehead atoms. The number of hydrogen-bond acceptors (Lipinski definition) is 2. The van der Waals surface area contributed by atoms with Crippen LogP contribution in [0.4, 0.5) is 0 Å². The first-order valence-corrected chi connectivity index (χ1v) is 8.31. The van der Waals surface area contributed by atoms with Gasteiger partial charge in [-0.15, -0.1) is 0 Å². The van der Waals surface area contributed by atoms with Crippen molar-refractivity contribution in [3.63, 3.8) is 0 Å². The van der Waals surface area contributed by atoms with Crippen LogP contribution in [-0.4, -0.2) is 15.5 Å². The third-order valence-corrected chi connectivity index (χ3v) is 5.18. The Morgan fingerprint density at radius 3 is 2.43 bits per heavy atom. The first kappa shape index (κ1) is 15.0. The highest BCUT2D eigenvalue weighted by Crippen LogP contribution is 2.34. The molecule has 1 atom stereocenters. The van der Waals surface area contributed by atoms with E-state index in [0.717, 1.165) is 11.4 Å². The summed E-state index contributed by atoms with van der Waals surface area (Å²) < 4.78 is 1.66. The van der Waals surface area contributed by atoms with Gasteiger partial charge in [-0.3, -0.25) is 9.36 Å². The zero-order chi connectivity index (χ0) is 16.1. The summed E-state index contributed by atoms with van der Waals surface area (Å²) in [4.78, 5) is 17.2. The number of imidazole rings is 1. The third-order valence-electron chi connectivity index (χ3n) is 4.21. The molecule has 0 saturated carbocycles. The van der Waals surface area contributed by atoms with E-state index in [0.29, 0.717) is 38.9 Å². The third kappa shape index (κ3) is 2.53. The lowest BCUT2D eigenvalue weighted by molar-refractivity contribution is 0.0877. The number of carbonyl (C=O) groups is 1. The number of fused-ring (bicyclic) bond motifs is 3. The van der Waals surface area contributed by atoms with Crippen LogP contribution in [0.15, 0.2) is 36.4 Å². The average molecular weight is 366 g/mol. The molecule has 0 fully saturated rings. The van der Waals surface area contributed by atoms with E-state index >= 15 is 0 Å². The predicted octanol–water partition coefficient (Wildman–Crippen LogP) is 5.37. The van der Waals surface area contributed by atoms with Crippen LogP contribution in [0.5, 0.6) is 0 Å². The highest BCUT2D eigenvalue weighted by Gasteiger charge is 2.29. The number of rotatable bonds is 1. The van der Waals surface area contributed by atoms with Crippen LogP contribution in [-0.2, 0) is 6.42 Å². The van der Waals surface area contributed by atoms with E-state index in [1.54, 1.807) is 16.7 Å². The molecule has 2 aromatic carbocycles. The van der Waals surface area contributed by atoms with Gasteiger partial charge in [0.2, 0.25) is 5.91 Å². The van der Waals surface area contributed by atoms with E-state index in [4.69, 9.17) is 34.8 Å². The van der Waals surface area contributed by atoms with E-state index in [1.807, 2.05) is 24.3 Å². The van der Waals surface area contributed by atoms with Crippen molar-refractivity contribution in [2.45, 2.75) is 18.8 Å².